The van der Waals surface area contributed by atoms with E-state index in [1.165, 1.54) is 15.6 Å². The second-order valence-electron chi connectivity index (χ2n) is 6.26. The lowest BCUT2D eigenvalue weighted by Gasteiger charge is -2.25. The fourth-order valence-corrected chi connectivity index (χ4v) is 5.54. The van der Waals surface area contributed by atoms with Crippen molar-refractivity contribution in [2.45, 2.75) is 30.5 Å². The summed E-state index contributed by atoms with van der Waals surface area (Å²) < 4.78 is 32.5. The molecule has 1 N–H and O–H groups in total. The predicted octanol–water partition coefficient (Wildman–Crippen LogP) is 2.75. The van der Waals surface area contributed by atoms with Crippen molar-refractivity contribution in [2.75, 3.05) is 46.4 Å². The lowest BCUT2D eigenvalue weighted by molar-refractivity contribution is 0.0731. The number of thiophene rings is 1. The van der Waals surface area contributed by atoms with Crippen LogP contribution in [0, 0.1) is 0 Å². The van der Waals surface area contributed by atoms with Crippen LogP contribution >= 0.6 is 35.3 Å². The molecule has 0 aromatic carbocycles. The Kier molecular flexibility index (Phi) is 11.6. The summed E-state index contributed by atoms with van der Waals surface area (Å²) in [5.74, 6) is 0.826. The number of nitrogens with zero attached hydrogens (tertiary/aromatic N) is 3. The maximum atomic E-state index is 12.7. The molecular formula is C18H31IN4O3S2. The monoisotopic (exact) mass is 542 g/mol. The quantitative estimate of drug-likeness (QED) is 0.171. The zero-order chi connectivity index (χ0) is 19.7. The number of nitrogens with one attached hydrogen (secondary N) is 1. The summed E-state index contributed by atoms with van der Waals surface area (Å²) in [6, 6.07) is 3.53. The highest BCUT2D eigenvalue weighted by Crippen LogP contribution is 2.26. The molecule has 0 unspecified atom stereocenters. The van der Waals surface area contributed by atoms with Crippen LogP contribution in [-0.4, -0.2) is 70.0 Å². The van der Waals surface area contributed by atoms with Crippen LogP contribution in [0.2, 0.25) is 0 Å². The van der Waals surface area contributed by atoms with Crippen LogP contribution in [0.5, 0.6) is 0 Å². The molecule has 7 nitrogen and oxygen atoms in total. The Labute approximate surface area is 189 Å². The second-order valence-corrected chi connectivity index (χ2v) is 9.59. The first-order valence-corrected chi connectivity index (χ1v) is 11.5. The topological polar surface area (TPSA) is 74.2 Å². The second kappa shape index (κ2) is 12.8. The smallest absolute Gasteiger partial charge is 0.252 e. The SMILES string of the molecule is C=CCCCN(C)C(=NCc1ccc(S(=O)(=O)N2CCOCC2)s1)NCC.I. The van der Waals surface area contributed by atoms with Crippen molar-refractivity contribution < 1.29 is 13.2 Å². The highest BCUT2D eigenvalue weighted by Gasteiger charge is 2.27. The third-order valence-corrected chi connectivity index (χ3v) is 7.62. The fourth-order valence-electron chi connectivity index (χ4n) is 2.70. The van der Waals surface area contributed by atoms with Crippen molar-refractivity contribution >= 4 is 51.3 Å². The number of halogens is 1. The molecule has 1 aliphatic rings. The molecule has 0 radical (unpaired) electrons. The summed E-state index contributed by atoms with van der Waals surface area (Å²) in [7, 11) is -1.43. The van der Waals surface area contributed by atoms with Gasteiger partial charge in [0.25, 0.3) is 10.0 Å². The first-order valence-electron chi connectivity index (χ1n) is 9.26. The van der Waals surface area contributed by atoms with Crippen LogP contribution in [0.25, 0.3) is 0 Å². The van der Waals surface area contributed by atoms with Gasteiger partial charge in [0.15, 0.2) is 5.96 Å². The average molecular weight is 543 g/mol. The third-order valence-electron chi connectivity index (χ3n) is 4.18. The summed E-state index contributed by atoms with van der Waals surface area (Å²) in [6.07, 6.45) is 3.91. The van der Waals surface area contributed by atoms with Crippen molar-refractivity contribution in [1.29, 1.82) is 0 Å². The molecule has 0 bridgehead atoms. The highest BCUT2D eigenvalue weighted by atomic mass is 127. The van der Waals surface area contributed by atoms with Gasteiger partial charge in [-0.3, -0.25) is 0 Å². The molecule has 1 fully saturated rings. The van der Waals surface area contributed by atoms with Gasteiger partial charge in [-0.25, -0.2) is 13.4 Å². The number of sulfonamides is 1. The Morgan fingerprint density at radius 3 is 2.79 bits per heavy atom. The maximum Gasteiger partial charge on any atom is 0.252 e. The predicted molar refractivity (Wildman–Crippen MR) is 126 cm³/mol. The molecule has 2 rings (SSSR count). The van der Waals surface area contributed by atoms with E-state index in [1.807, 2.05) is 26.1 Å². The number of ether oxygens (including phenoxy) is 1. The molecule has 1 aromatic heterocycles. The Morgan fingerprint density at radius 2 is 2.14 bits per heavy atom. The number of hydrogen-bond donors (Lipinski definition) is 1. The number of unbranched alkanes of at least 4 members (excludes halogenated alkanes) is 1. The minimum Gasteiger partial charge on any atom is -0.379 e. The van der Waals surface area contributed by atoms with E-state index >= 15 is 0 Å². The van der Waals surface area contributed by atoms with Gasteiger partial charge in [-0.2, -0.15) is 4.31 Å². The first-order chi connectivity index (χ1) is 13.0. The molecule has 1 saturated heterocycles. The highest BCUT2D eigenvalue weighted by molar-refractivity contribution is 14.0. The van der Waals surface area contributed by atoms with Gasteiger partial charge in [-0.05, 0) is 31.9 Å². The molecule has 28 heavy (non-hydrogen) atoms. The van der Waals surface area contributed by atoms with Crippen LogP contribution in [0.4, 0.5) is 0 Å². The van der Waals surface area contributed by atoms with Gasteiger partial charge in [-0.15, -0.1) is 41.9 Å². The number of aliphatic imine (C=N–C) groups is 1. The molecule has 160 valence electrons. The van der Waals surface area contributed by atoms with E-state index in [2.05, 4.69) is 21.8 Å². The van der Waals surface area contributed by atoms with E-state index in [9.17, 15) is 8.42 Å². The van der Waals surface area contributed by atoms with Crippen LogP contribution in [0.1, 0.15) is 24.6 Å². The van der Waals surface area contributed by atoms with Crippen molar-refractivity contribution in [3.05, 3.63) is 29.7 Å². The zero-order valence-electron chi connectivity index (χ0n) is 16.6. The van der Waals surface area contributed by atoms with Crippen LogP contribution in [0.3, 0.4) is 0 Å². The van der Waals surface area contributed by atoms with Gasteiger partial charge in [0.1, 0.15) is 4.21 Å². The Bertz CT molecular complexity index is 731. The van der Waals surface area contributed by atoms with E-state index < -0.39 is 10.0 Å². The zero-order valence-corrected chi connectivity index (χ0v) is 20.6. The summed E-state index contributed by atoms with van der Waals surface area (Å²) in [5.41, 5.74) is 0. The molecule has 0 amide bonds. The normalized spacial score (nSPS) is 15.7. The summed E-state index contributed by atoms with van der Waals surface area (Å²) in [5, 5.41) is 3.28. The standard InChI is InChI=1S/C18H30N4O3S2.HI/c1-4-6-7-10-21(3)18(19-5-2)20-15-16-8-9-17(26-16)27(23,24)22-11-13-25-14-12-22;/h4,8-9H,1,5-7,10-15H2,2-3H3,(H,19,20);1H. The molecule has 1 aromatic rings. The lowest BCUT2D eigenvalue weighted by Crippen LogP contribution is -2.40. The summed E-state index contributed by atoms with van der Waals surface area (Å²) in [6.45, 7) is 9.63. The molecule has 1 aliphatic heterocycles. The molecule has 2 heterocycles. The van der Waals surface area contributed by atoms with Crippen LogP contribution < -0.4 is 5.32 Å². The molecule has 0 spiro atoms. The van der Waals surface area contributed by atoms with Crippen molar-refractivity contribution in [3.63, 3.8) is 0 Å². The van der Waals surface area contributed by atoms with Gasteiger partial charge in [0, 0.05) is 38.1 Å². The van der Waals surface area contributed by atoms with E-state index in [0.29, 0.717) is 37.1 Å². The van der Waals surface area contributed by atoms with Gasteiger partial charge >= 0.3 is 0 Å². The Balaban J connectivity index is 0.00000392. The molecule has 0 aliphatic carbocycles. The summed E-state index contributed by atoms with van der Waals surface area (Å²) >= 11 is 1.29. The average Bonchev–Trinajstić information content (AvgIpc) is 3.16. The molecule has 0 saturated carbocycles. The molecular weight excluding hydrogens is 511 g/mol. The molecule has 10 heteroatoms. The van der Waals surface area contributed by atoms with E-state index in [-0.39, 0.29) is 24.0 Å². The van der Waals surface area contributed by atoms with Crippen molar-refractivity contribution in [3.8, 4) is 0 Å². The largest absolute Gasteiger partial charge is 0.379 e. The fraction of sp³-hybridized carbons (Fsp3) is 0.611. The number of morpholine rings is 1. The van der Waals surface area contributed by atoms with Gasteiger partial charge < -0.3 is 15.0 Å². The first kappa shape index (κ1) is 25.3. The number of hydrogen-bond acceptors (Lipinski definition) is 5. The van der Waals surface area contributed by atoms with Crippen LogP contribution in [-0.2, 0) is 21.3 Å². The number of rotatable bonds is 9. The van der Waals surface area contributed by atoms with Crippen molar-refractivity contribution in [2.24, 2.45) is 4.99 Å². The summed E-state index contributed by atoms with van der Waals surface area (Å²) in [4.78, 5) is 7.67. The van der Waals surface area contributed by atoms with Crippen LogP contribution in [0.15, 0.2) is 34.0 Å². The maximum absolute atomic E-state index is 12.7. The van der Waals surface area contributed by atoms with E-state index in [0.717, 1.165) is 36.8 Å². The minimum atomic E-state index is -3.43. The minimum absolute atomic E-state index is 0. The molecule has 0 atom stereocenters. The number of allylic oxidation sites excluding steroid dienone is 1. The van der Waals surface area contributed by atoms with Gasteiger partial charge in [0.2, 0.25) is 0 Å². The van der Waals surface area contributed by atoms with E-state index in [4.69, 9.17) is 4.74 Å². The third kappa shape index (κ3) is 7.29. The van der Waals surface area contributed by atoms with Crippen molar-refractivity contribution in [1.82, 2.24) is 14.5 Å². The Morgan fingerprint density at radius 1 is 1.43 bits per heavy atom. The van der Waals surface area contributed by atoms with Gasteiger partial charge in [0.05, 0.1) is 19.8 Å². The lowest BCUT2D eigenvalue weighted by atomic mass is 10.3. The Hall–Kier alpha value is -0.690. The van der Waals surface area contributed by atoms with Gasteiger partial charge in [-0.1, -0.05) is 6.08 Å². The number of guanidine groups is 1. The van der Waals surface area contributed by atoms with E-state index in [1.54, 1.807) is 6.07 Å².